The van der Waals surface area contributed by atoms with Crippen molar-refractivity contribution in [1.82, 2.24) is 5.32 Å². The molecule has 1 heterocycles. The molecule has 0 aromatic heterocycles. The summed E-state index contributed by atoms with van der Waals surface area (Å²) in [6.07, 6.45) is 0.320. The lowest BCUT2D eigenvalue weighted by Crippen LogP contribution is -2.51. The van der Waals surface area contributed by atoms with Crippen molar-refractivity contribution >= 4 is 5.78 Å². The van der Waals surface area contributed by atoms with Crippen LogP contribution in [0.2, 0.25) is 0 Å². The van der Waals surface area contributed by atoms with Gasteiger partial charge in [-0.2, -0.15) is 0 Å². The van der Waals surface area contributed by atoms with E-state index in [0.29, 0.717) is 6.42 Å². The highest BCUT2D eigenvalue weighted by atomic mass is 16.1. The third kappa shape index (κ3) is 5.03. The first-order chi connectivity index (χ1) is 11.1. The van der Waals surface area contributed by atoms with E-state index < -0.39 is 0 Å². The standard InChI is InChI=1S/C18H27N5O/c1-17(2,3)15(24)14(19-18(4,5)6)11-12-7-9-13(10-8-12)16-20-22-23-21-16/h7-10,14,16,19H,11H2,1-6H3/t14-/m0/s1. The molecule has 2 rings (SSSR count). The van der Waals surface area contributed by atoms with Crippen LogP contribution in [0.15, 0.2) is 44.9 Å². The average Bonchev–Trinajstić information content (AvgIpc) is 2.98. The first-order valence-electron chi connectivity index (χ1n) is 8.27. The number of rotatable bonds is 5. The molecule has 0 saturated heterocycles. The van der Waals surface area contributed by atoms with Gasteiger partial charge in [-0.3, -0.25) is 4.79 Å². The number of ketones is 1. The maximum absolute atomic E-state index is 12.8. The van der Waals surface area contributed by atoms with Crippen LogP contribution in [0, 0.1) is 5.41 Å². The van der Waals surface area contributed by atoms with Crippen molar-refractivity contribution in [1.29, 1.82) is 0 Å². The molecule has 1 aliphatic rings. The minimum atomic E-state index is -0.381. The molecule has 24 heavy (non-hydrogen) atoms. The molecular formula is C18H27N5O. The Balaban J connectivity index is 2.15. The number of carbonyl (C=O) groups is 1. The summed E-state index contributed by atoms with van der Waals surface area (Å²) in [5.74, 6) is 0.222. The lowest BCUT2D eigenvalue weighted by atomic mass is 9.83. The predicted molar refractivity (Wildman–Crippen MR) is 93.7 cm³/mol. The zero-order chi connectivity index (χ0) is 18.0. The number of nitrogens with one attached hydrogen (secondary N) is 1. The third-order valence-electron chi connectivity index (χ3n) is 3.74. The van der Waals surface area contributed by atoms with Gasteiger partial charge in [-0.25, -0.2) is 0 Å². The van der Waals surface area contributed by atoms with Gasteiger partial charge in [0.1, 0.15) is 0 Å². The summed E-state index contributed by atoms with van der Waals surface area (Å²) in [4.78, 5) is 12.8. The van der Waals surface area contributed by atoms with E-state index >= 15 is 0 Å². The summed E-state index contributed by atoms with van der Waals surface area (Å²) in [6.45, 7) is 12.1. The van der Waals surface area contributed by atoms with Crippen molar-refractivity contribution < 1.29 is 4.79 Å². The molecule has 0 unspecified atom stereocenters. The van der Waals surface area contributed by atoms with E-state index in [-0.39, 0.29) is 28.9 Å². The summed E-state index contributed by atoms with van der Waals surface area (Å²) in [5, 5.41) is 18.4. The number of benzene rings is 1. The van der Waals surface area contributed by atoms with Crippen molar-refractivity contribution in [2.45, 2.75) is 65.7 Å². The number of nitrogens with zero attached hydrogens (tertiary/aromatic N) is 4. The van der Waals surface area contributed by atoms with Crippen molar-refractivity contribution in [3.63, 3.8) is 0 Å². The fraction of sp³-hybridized carbons (Fsp3) is 0.611. The zero-order valence-electron chi connectivity index (χ0n) is 15.4. The maximum Gasteiger partial charge on any atom is 0.210 e. The summed E-state index contributed by atoms with van der Waals surface area (Å²) >= 11 is 0. The topological polar surface area (TPSA) is 78.5 Å². The van der Waals surface area contributed by atoms with Crippen LogP contribution in [0.25, 0.3) is 0 Å². The minimum absolute atomic E-state index is 0.129. The Morgan fingerprint density at radius 2 is 1.58 bits per heavy atom. The Morgan fingerprint density at radius 3 is 2.04 bits per heavy atom. The number of hydrogen-bond donors (Lipinski definition) is 1. The van der Waals surface area contributed by atoms with E-state index in [4.69, 9.17) is 0 Å². The van der Waals surface area contributed by atoms with E-state index in [1.165, 1.54) is 0 Å². The van der Waals surface area contributed by atoms with Crippen LogP contribution in [0.3, 0.4) is 0 Å². The van der Waals surface area contributed by atoms with Crippen LogP contribution < -0.4 is 5.32 Å². The minimum Gasteiger partial charge on any atom is -0.302 e. The largest absolute Gasteiger partial charge is 0.302 e. The van der Waals surface area contributed by atoms with Crippen molar-refractivity contribution in [3.05, 3.63) is 35.4 Å². The lowest BCUT2D eigenvalue weighted by Gasteiger charge is -2.32. The second-order valence-electron chi connectivity index (χ2n) is 8.29. The molecule has 1 N–H and O–H groups in total. The van der Waals surface area contributed by atoms with Crippen molar-refractivity contribution in [3.8, 4) is 0 Å². The molecule has 130 valence electrons. The molecule has 1 aromatic rings. The maximum atomic E-state index is 12.8. The molecule has 1 atom stereocenters. The van der Waals surface area contributed by atoms with E-state index in [2.05, 4.69) is 46.8 Å². The molecule has 1 aromatic carbocycles. The monoisotopic (exact) mass is 329 g/mol. The van der Waals surface area contributed by atoms with Crippen molar-refractivity contribution in [2.75, 3.05) is 0 Å². The van der Waals surface area contributed by atoms with Gasteiger partial charge in [0.15, 0.2) is 5.78 Å². The Kier molecular flexibility index (Phi) is 5.28. The summed E-state index contributed by atoms with van der Waals surface area (Å²) in [5.41, 5.74) is 1.54. The Morgan fingerprint density at radius 1 is 1.04 bits per heavy atom. The Hall–Kier alpha value is -1.95. The van der Waals surface area contributed by atoms with Crippen LogP contribution in [-0.4, -0.2) is 17.4 Å². The SMILES string of the molecule is CC(C)(C)N[C@@H](Cc1ccc(C2N=NN=N2)cc1)C(=O)C(C)(C)C. The van der Waals surface area contributed by atoms with E-state index in [0.717, 1.165) is 11.1 Å². The van der Waals surface area contributed by atoms with Crippen LogP contribution in [0.4, 0.5) is 0 Å². The molecule has 0 spiro atoms. The first kappa shape index (κ1) is 18.4. The molecule has 6 heteroatoms. The molecule has 0 saturated carbocycles. The fourth-order valence-electron chi connectivity index (χ4n) is 2.62. The fourth-order valence-corrected chi connectivity index (χ4v) is 2.62. The van der Waals surface area contributed by atoms with E-state index in [1.807, 2.05) is 45.0 Å². The Labute approximate surface area is 143 Å². The Bertz CT molecular complexity index is 623. The highest BCUT2D eigenvalue weighted by Gasteiger charge is 2.32. The molecule has 6 nitrogen and oxygen atoms in total. The van der Waals surface area contributed by atoms with Gasteiger partial charge in [-0.05, 0) is 43.2 Å². The van der Waals surface area contributed by atoms with Gasteiger partial charge < -0.3 is 5.32 Å². The lowest BCUT2D eigenvalue weighted by molar-refractivity contribution is -0.128. The van der Waals surface area contributed by atoms with Crippen molar-refractivity contribution in [2.24, 2.45) is 26.1 Å². The van der Waals surface area contributed by atoms with Gasteiger partial charge in [-0.1, -0.05) is 45.0 Å². The molecule has 1 aliphatic heterocycles. The molecule has 0 bridgehead atoms. The van der Waals surface area contributed by atoms with Gasteiger partial charge in [-0.15, -0.1) is 10.2 Å². The predicted octanol–water partition coefficient (Wildman–Crippen LogP) is 4.43. The molecular weight excluding hydrogens is 302 g/mol. The number of Topliss-reactive ketones (excluding diaryl/α,β-unsaturated/α-hetero) is 1. The van der Waals surface area contributed by atoms with Gasteiger partial charge in [0.05, 0.1) is 6.04 Å². The van der Waals surface area contributed by atoms with E-state index in [9.17, 15) is 4.79 Å². The molecule has 0 amide bonds. The first-order valence-corrected chi connectivity index (χ1v) is 8.27. The smallest absolute Gasteiger partial charge is 0.210 e. The quantitative estimate of drug-likeness (QED) is 0.867. The normalized spacial score (nSPS) is 16.6. The van der Waals surface area contributed by atoms with Gasteiger partial charge >= 0.3 is 0 Å². The molecule has 0 fully saturated rings. The molecule has 0 radical (unpaired) electrons. The van der Waals surface area contributed by atoms with Crippen LogP contribution in [-0.2, 0) is 11.2 Å². The van der Waals surface area contributed by atoms with E-state index in [1.54, 1.807) is 0 Å². The average molecular weight is 329 g/mol. The molecule has 0 aliphatic carbocycles. The van der Waals surface area contributed by atoms with Gasteiger partial charge in [0.25, 0.3) is 0 Å². The second-order valence-corrected chi connectivity index (χ2v) is 8.29. The van der Waals surface area contributed by atoms with Crippen LogP contribution in [0.1, 0.15) is 58.8 Å². The summed E-state index contributed by atoms with van der Waals surface area (Å²) in [7, 11) is 0. The van der Waals surface area contributed by atoms with Gasteiger partial charge in [0.2, 0.25) is 6.17 Å². The zero-order valence-corrected chi connectivity index (χ0v) is 15.4. The summed E-state index contributed by atoms with van der Waals surface area (Å²) in [6, 6.07) is 7.76. The number of carbonyl (C=O) groups excluding carboxylic acids is 1. The number of hydrogen-bond acceptors (Lipinski definition) is 6. The van der Waals surface area contributed by atoms with Crippen LogP contribution >= 0.6 is 0 Å². The van der Waals surface area contributed by atoms with Crippen LogP contribution in [0.5, 0.6) is 0 Å². The summed E-state index contributed by atoms with van der Waals surface area (Å²) < 4.78 is 0. The second kappa shape index (κ2) is 6.89. The van der Waals surface area contributed by atoms with Gasteiger partial charge in [0, 0.05) is 16.5 Å². The third-order valence-corrected chi connectivity index (χ3v) is 3.74. The highest BCUT2D eigenvalue weighted by Crippen LogP contribution is 2.25. The highest BCUT2D eigenvalue weighted by molar-refractivity contribution is 5.89.